The molecule has 3 heterocycles. The van der Waals surface area contributed by atoms with E-state index in [9.17, 15) is 9.59 Å². The number of benzene rings is 3. The highest BCUT2D eigenvalue weighted by molar-refractivity contribution is 7.22. The number of para-hydroxylation sites is 2. The predicted octanol–water partition coefficient (Wildman–Crippen LogP) is 7.50. The lowest BCUT2D eigenvalue weighted by Crippen LogP contribution is -2.35. The summed E-state index contributed by atoms with van der Waals surface area (Å²) in [6, 6.07) is 27.4. The molecule has 0 N–H and O–H groups in total. The van der Waals surface area contributed by atoms with Crippen molar-refractivity contribution in [2.24, 2.45) is 0 Å². The van der Waals surface area contributed by atoms with Gasteiger partial charge in [-0.3, -0.25) is 9.69 Å². The number of amides is 1. The largest absolute Gasteiger partial charge is 0.494 e. The van der Waals surface area contributed by atoms with Gasteiger partial charge in [0.25, 0.3) is 5.91 Å². The lowest BCUT2D eigenvalue weighted by atomic mass is 9.94. The van der Waals surface area contributed by atoms with Crippen LogP contribution in [0, 0.1) is 0 Å². The molecule has 46 heavy (non-hydrogen) atoms. The first-order valence-corrected chi connectivity index (χ1v) is 16.4. The summed E-state index contributed by atoms with van der Waals surface area (Å²) in [7, 11) is 1.78. The number of pyridine rings is 1. The summed E-state index contributed by atoms with van der Waals surface area (Å²) in [6.07, 6.45) is 2.09. The molecular formula is C37H38N4O4S. The van der Waals surface area contributed by atoms with Crippen molar-refractivity contribution in [1.82, 2.24) is 9.97 Å². The molecule has 6 rings (SSSR count). The van der Waals surface area contributed by atoms with Gasteiger partial charge in [0.15, 0.2) is 10.8 Å². The van der Waals surface area contributed by atoms with E-state index >= 15 is 0 Å². The molecule has 1 aliphatic rings. The number of ether oxygens (including phenoxy) is 2. The minimum atomic E-state index is -0.656. The van der Waals surface area contributed by atoms with E-state index in [2.05, 4.69) is 16.0 Å². The molecule has 8 nitrogen and oxygen atoms in total. The Morgan fingerprint density at radius 3 is 2.50 bits per heavy atom. The number of rotatable bonds is 9. The fraction of sp³-hybridized carbons (Fsp3) is 0.297. The van der Waals surface area contributed by atoms with Gasteiger partial charge in [-0.2, -0.15) is 0 Å². The molecule has 0 unspecified atom stereocenters. The SMILES string of the molecule is CN(C(=O)c1cccc2c1CN(c1ccc(CCCOc3ccccc3)c(C(=O)OC(C)(C)C)n1)CC2)c1nc2ccccc2s1. The maximum Gasteiger partial charge on any atom is 0.357 e. The lowest BCUT2D eigenvalue weighted by molar-refractivity contribution is 0.00613. The van der Waals surface area contributed by atoms with Crippen molar-refractivity contribution in [3.63, 3.8) is 0 Å². The summed E-state index contributed by atoms with van der Waals surface area (Å²) in [5, 5.41) is 0.657. The highest BCUT2D eigenvalue weighted by Gasteiger charge is 2.28. The number of anilines is 2. The topological polar surface area (TPSA) is 84.9 Å². The maximum atomic E-state index is 13.9. The molecule has 0 radical (unpaired) electrons. The number of hydrogen-bond acceptors (Lipinski definition) is 8. The van der Waals surface area contributed by atoms with Crippen LogP contribution in [-0.2, 0) is 24.1 Å². The summed E-state index contributed by atoms with van der Waals surface area (Å²) >= 11 is 1.50. The zero-order chi connectivity index (χ0) is 32.3. The quantitative estimate of drug-likeness (QED) is 0.123. The number of carbonyl (C=O) groups is 2. The second-order valence-electron chi connectivity index (χ2n) is 12.4. The number of carbonyl (C=O) groups excluding carboxylic acids is 2. The molecule has 0 bridgehead atoms. The standard InChI is InChI=1S/C37H38N4O4S/c1-37(2,3)45-35(43)33-26(13-11-23-44-27-14-6-5-7-15-27)19-20-32(39-33)41-22-21-25-12-10-16-28(29(25)24-41)34(42)40(4)36-38-30-17-8-9-18-31(30)46-36/h5-10,12,14-20H,11,13,21-24H2,1-4H3. The van der Waals surface area contributed by atoms with Crippen molar-refractivity contribution in [3.8, 4) is 5.75 Å². The molecule has 0 fully saturated rings. The van der Waals surface area contributed by atoms with Gasteiger partial charge in [-0.15, -0.1) is 0 Å². The van der Waals surface area contributed by atoms with Crippen LogP contribution in [0.2, 0.25) is 0 Å². The van der Waals surface area contributed by atoms with E-state index in [1.54, 1.807) is 11.9 Å². The van der Waals surface area contributed by atoms with Crippen molar-refractivity contribution in [1.29, 1.82) is 0 Å². The minimum absolute atomic E-state index is 0.103. The molecule has 9 heteroatoms. The van der Waals surface area contributed by atoms with E-state index < -0.39 is 11.6 Å². The van der Waals surface area contributed by atoms with E-state index in [1.165, 1.54) is 11.3 Å². The molecule has 0 aliphatic carbocycles. The first kappa shape index (κ1) is 31.2. The number of esters is 1. The van der Waals surface area contributed by atoms with E-state index in [0.29, 0.717) is 48.3 Å². The Balaban J connectivity index is 1.23. The van der Waals surface area contributed by atoms with E-state index in [0.717, 1.165) is 45.5 Å². The maximum absolute atomic E-state index is 13.9. The molecule has 0 spiro atoms. The predicted molar refractivity (Wildman–Crippen MR) is 183 cm³/mol. The normalized spacial score (nSPS) is 12.9. The Labute approximate surface area is 273 Å². The highest BCUT2D eigenvalue weighted by Crippen LogP contribution is 2.32. The number of fused-ring (bicyclic) bond motifs is 2. The third-order valence-electron chi connectivity index (χ3n) is 7.86. The van der Waals surface area contributed by atoms with Crippen LogP contribution in [0.4, 0.5) is 10.9 Å². The summed E-state index contributed by atoms with van der Waals surface area (Å²) < 4.78 is 12.7. The van der Waals surface area contributed by atoms with Crippen LogP contribution in [0.5, 0.6) is 5.75 Å². The number of aryl methyl sites for hydroxylation is 1. The average molecular weight is 635 g/mol. The zero-order valence-electron chi connectivity index (χ0n) is 26.7. The second-order valence-corrected chi connectivity index (χ2v) is 13.4. The second kappa shape index (κ2) is 13.3. The van der Waals surface area contributed by atoms with Crippen LogP contribution < -0.4 is 14.5 Å². The van der Waals surface area contributed by atoms with Crippen LogP contribution in [0.15, 0.2) is 84.9 Å². The molecule has 3 aromatic carbocycles. The number of aromatic nitrogens is 2. The van der Waals surface area contributed by atoms with Gasteiger partial charge >= 0.3 is 5.97 Å². The van der Waals surface area contributed by atoms with Gasteiger partial charge in [0.05, 0.1) is 16.8 Å². The molecular weight excluding hydrogens is 596 g/mol. The molecule has 236 valence electrons. The molecule has 1 aliphatic heterocycles. The zero-order valence-corrected chi connectivity index (χ0v) is 27.5. The van der Waals surface area contributed by atoms with Gasteiger partial charge in [-0.25, -0.2) is 14.8 Å². The van der Waals surface area contributed by atoms with E-state index in [-0.39, 0.29) is 5.91 Å². The van der Waals surface area contributed by atoms with Crippen LogP contribution in [-0.4, -0.2) is 47.6 Å². The molecule has 0 atom stereocenters. The van der Waals surface area contributed by atoms with Gasteiger partial charge in [0, 0.05) is 25.7 Å². The minimum Gasteiger partial charge on any atom is -0.494 e. The lowest BCUT2D eigenvalue weighted by Gasteiger charge is -2.32. The van der Waals surface area contributed by atoms with Crippen molar-refractivity contribution in [2.45, 2.75) is 52.2 Å². The third-order valence-corrected chi connectivity index (χ3v) is 8.97. The Bertz CT molecular complexity index is 1830. The molecule has 1 amide bonds. The van der Waals surface area contributed by atoms with Crippen LogP contribution in [0.25, 0.3) is 10.2 Å². The summed E-state index contributed by atoms with van der Waals surface area (Å²) in [5.41, 5.74) is 4.11. The monoisotopic (exact) mass is 634 g/mol. The van der Waals surface area contributed by atoms with Gasteiger partial charge in [-0.1, -0.05) is 59.9 Å². The smallest absolute Gasteiger partial charge is 0.357 e. The summed E-state index contributed by atoms with van der Waals surface area (Å²) in [6.45, 7) is 7.29. The van der Waals surface area contributed by atoms with Gasteiger partial charge < -0.3 is 14.4 Å². The molecule has 0 saturated heterocycles. The molecule has 0 saturated carbocycles. The molecule has 2 aromatic heterocycles. The first-order valence-electron chi connectivity index (χ1n) is 15.6. The van der Waals surface area contributed by atoms with Crippen molar-refractivity contribution in [2.75, 3.05) is 30.0 Å². The van der Waals surface area contributed by atoms with Crippen molar-refractivity contribution in [3.05, 3.63) is 113 Å². The van der Waals surface area contributed by atoms with Gasteiger partial charge in [-0.05, 0) is 93.1 Å². The van der Waals surface area contributed by atoms with Crippen molar-refractivity contribution < 1.29 is 19.1 Å². The number of nitrogens with zero attached hydrogens (tertiary/aromatic N) is 4. The van der Waals surface area contributed by atoms with Gasteiger partial charge in [0.2, 0.25) is 0 Å². The van der Waals surface area contributed by atoms with E-state index in [1.807, 2.05) is 99.6 Å². The molecule has 5 aromatic rings. The number of thiazole rings is 1. The Morgan fingerprint density at radius 1 is 0.935 bits per heavy atom. The van der Waals surface area contributed by atoms with Crippen LogP contribution >= 0.6 is 11.3 Å². The third kappa shape index (κ3) is 7.05. The Morgan fingerprint density at radius 2 is 1.72 bits per heavy atom. The first-order chi connectivity index (χ1) is 22.2. The van der Waals surface area contributed by atoms with Crippen LogP contribution in [0.1, 0.15) is 64.7 Å². The van der Waals surface area contributed by atoms with Crippen LogP contribution in [0.3, 0.4) is 0 Å². The van der Waals surface area contributed by atoms with E-state index in [4.69, 9.17) is 14.5 Å². The number of hydrogen-bond donors (Lipinski definition) is 0. The summed E-state index contributed by atoms with van der Waals surface area (Å²) in [4.78, 5) is 40.6. The fourth-order valence-corrected chi connectivity index (χ4v) is 6.50. The Hall–Kier alpha value is -4.76. The highest BCUT2D eigenvalue weighted by atomic mass is 32.1. The van der Waals surface area contributed by atoms with Crippen molar-refractivity contribution >= 4 is 44.4 Å². The van der Waals surface area contributed by atoms with Gasteiger partial charge in [0.1, 0.15) is 17.2 Å². The summed E-state index contributed by atoms with van der Waals surface area (Å²) in [5.74, 6) is 0.947. The fourth-order valence-electron chi connectivity index (χ4n) is 5.58. The Kier molecular flexibility index (Phi) is 9.03. The average Bonchev–Trinajstić information content (AvgIpc) is 3.50.